The summed E-state index contributed by atoms with van der Waals surface area (Å²) in [6.45, 7) is 1.94. The van der Waals surface area contributed by atoms with Crippen LogP contribution in [0.2, 0.25) is 5.02 Å². The van der Waals surface area contributed by atoms with Crippen molar-refractivity contribution in [2.24, 2.45) is 0 Å². The van der Waals surface area contributed by atoms with E-state index in [0.717, 1.165) is 15.8 Å². The highest BCUT2D eigenvalue weighted by molar-refractivity contribution is 7.21. The van der Waals surface area contributed by atoms with E-state index in [4.69, 9.17) is 11.6 Å². The lowest BCUT2D eigenvalue weighted by atomic mass is 10.2. The molecule has 2 aromatic heterocycles. The maximum atomic E-state index is 12.8. The minimum absolute atomic E-state index is 0.211. The number of aromatic nitrogens is 3. The zero-order valence-corrected chi connectivity index (χ0v) is 15.3. The number of benzene rings is 2. The van der Waals surface area contributed by atoms with Crippen molar-refractivity contribution in [3.8, 4) is 10.7 Å². The van der Waals surface area contributed by atoms with Crippen LogP contribution in [0.4, 0.5) is 5.69 Å². The molecule has 128 valence electrons. The fraction of sp³-hybridized carbons (Fsp3) is 0.0526. The molecule has 1 N–H and O–H groups in total. The van der Waals surface area contributed by atoms with Crippen molar-refractivity contribution in [3.63, 3.8) is 0 Å². The molecule has 0 unspecified atom stereocenters. The molecule has 1 amide bonds. The number of nitrogens with zero attached hydrogens (tertiary/aromatic N) is 3. The number of hydrogen-bond acceptors (Lipinski definition) is 5. The van der Waals surface area contributed by atoms with E-state index in [1.807, 2.05) is 37.3 Å². The van der Waals surface area contributed by atoms with E-state index in [-0.39, 0.29) is 11.6 Å². The minimum Gasteiger partial charge on any atom is -0.319 e. The lowest BCUT2D eigenvalue weighted by Crippen LogP contribution is -2.16. The summed E-state index contributed by atoms with van der Waals surface area (Å²) in [7, 11) is 0. The Hall–Kier alpha value is -2.83. The second-order valence-electron chi connectivity index (χ2n) is 5.68. The third-order valence-electron chi connectivity index (χ3n) is 3.78. The molecule has 4 aromatic rings. The fourth-order valence-electron chi connectivity index (χ4n) is 2.54. The maximum absolute atomic E-state index is 12.8. The largest absolute Gasteiger partial charge is 0.319 e. The van der Waals surface area contributed by atoms with Gasteiger partial charge in [-0.15, -0.1) is 11.3 Å². The third-order valence-corrected chi connectivity index (χ3v) is 5.14. The normalized spacial score (nSPS) is 10.8. The van der Waals surface area contributed by atoms with Crippen LogP contribution < -0.4 is 5.32 Å². The van der Waals surface area contributed by atoms with Gasteiger partial charge in [-0.25, -0.2) is 15.0 Å². The molecule has 0 bridgehead atoms. The molecule has 5 nitrogen and oxygen atoms in total. The average Bonchev–Trinajstić information content (AvgIpc) is 3.08. The van der Waals surface area contributed by atoms with Crippen molar-refractivity contribution >= 4 is 44.7 Å². The number of thiazole rings is 1. The topological polar surface area (TPSA) is 67.8 Å². The monoisotopic (exact) mass is 380 g/mol. The van der Waals surface area contributed by atoms with Crippen molar-refractivity contribution in [2.75, 3.05) is 5.32 Å². The van der Waals surface area contributed by atoms with Crippen LogP contribution in [-0.2, 0) is 0 Å². The van der Waals surface area contributed by atoms with Crippen LogP contribution in [0.15, 0.2) is 54.9 Å². The number of carbonyl (C=O) groups excluding carboxylic acids is 1. The number of hydrogen-bond donors (Lipinski definition) is 1. The molecule has 0 aliphatic heterocycles. The van der Waals surface area contributed by atoms with Crippen molar-refractivity contribution < 1.29 is 4.79 Å². The Morgan fingerprint density at radius 1 is 1.12 bits per heavy atom. The Bertz CT molecular complexity index is 1090. The summed E-state index contributed by atoms with van der Waals surface area (Å²) in [4.78, 5) is 25.9. The lowest BCUT2D eigenvalue weighted by Gasteiger charge is -2.09. The molecule has 0 saturated carbocycles. The van der Waals surface area contributed by atoms with Gasteiger partial charge < -0.3 is 5.32 Å². The molecule has 0 aliphatic rings. The van der Waals surface area contributed by atoms with Gasteiger partial charge in [0.05, 0.1) is 20.9 Å². The number of anilines is 1. The van der Waals surface area contributed by atoms with E-state index in [1.54, 1.807) is 18.3 Å². The summed E-state index contributed by atoms with van der Waals surface area (Å²) in [5.41, 5.74) is 3.08. The summed E-state index contributed by atoms with van der Waals surface area (Å²) in [5, 5.41) is 3.93. The van der Waals surface area contributed by atoms with Gasteiger partial charge in [-0.2, -0.15) is 0 Å². The molecule has 0 radical (unpaired) electrons. The van der Waals surface area contributed by atoms with E-state index in [0.29, 0.717) is 21.4 Å². The highest BCUT2D eigenvalue weighted by Gasteiger charge is 2.19. The Kier molecular flexibility index (Phi) is 4.36. The van der Waals surface area contributed by atoms with Gasteiger partial charge in [0.15, 0.2) is 5.69 Å². The van der Waals surface area contributed by atoms with Gasteiger partial charge in [0.1, 0.15) is 10.7 Å². The Morgan fingerprint density at radius 2 is 1.92 bits per heavy atom. The van der Waals surface area contributed by atoms with Gasteiger partial charge in [-0.1, -0.05) is 29.8 Å². The first-order chi connectivity index (χ1) is 12.6. The van der Waals surface area contributed by atoms with Crippen LogP contribution in [0.25, 0.3) is 20.9 Å². The highest BCUT2D eigenvalue weighted by Crippen LogP contribution is 2.30. The van der Waals surface area contributed by atoms with Crippen LogP contribution in [0, 0.1) is 6.92 Å². The van der Waals surface area contributed by atoms with Crippen LogP contribution >= 0.6 is 22.9 Å². The van der Waals surface area contributed by atoms with Crippen molar-refractivity contribution in [3.05, 3.63) is 71.1 Å². The van der Waals surface area contributed by atoms with Crippen molar-refractivity contribution in [2.45, 2.75) is 6.92 Å². The predicted octanol–water partition coefficient (Wildman–Crippen LogP) is 4.97. The summed E-state index contributed by atoms with van der Waals surface area (Å²) >= 11 is 7.68. The quantitative estimate of drug-likeness (QED) is 0.545. The Morgan fingerprint density at radius 3 is 2.73 bits per heavy atom. The third kappa shape index (κ3) is 3.16. The standard InChI is InChI=1S/C19H13ClN4OS/c1-11-6-7-13(12(20)10-11)23-18(25)16-17(22-9-8-21-16)19-24-14-4-2-3-5-15(14)26-19/h2-10H,1H3,(H,23,25). The second-order valence-corrected chi connectivity index (χ2v) is 7.12. The number of fused-ring (bicyclic) bond motifs is 1. The van der Waals surface area contributed by atoms with Gasteiger partial charge in [-0.05, 0) is 36.8 Å². The molecular formula is C19H13ClN4OS. The van der Waals surface area contributed by atoms with E-state index in [2.05, 4.69) is 20.3 Å². The highest BCUT2D eigenvalue weighted by atomic mass is 35.5. The first-order valence-corrected chi connectivity index (χ1v) is 9.06. The van der Waals surface area contributed by atoms with E-state index >= 15 is 0 Å². The van der Waals surface area contributed by atoms with Crippen molar-refractivity contribution in [1.82, 2.24) is 15.0 Å². The molecule has 0 atom stereocenters. The number of rotatable bonds is 3. The number of amides is 1. The first-order valence-electron chi connectivity index (χ1n) is 7.86. The molecule has 7 heteroatoms. The van der Waals surface area contributed by atoms with Gasteiger partial charge in [0.25, 0.3) is 5.91 Å². The van der Waals surface area contributed by atoms with Crippen molar-refractivity contribution in [1.29, 1.82) is 0 Å². The molecule has 0 aliphatic carbocycles. The lowest BCUT2D eigenvalue weighted by molar-refractivity contribution is 0.102. The summed E-state index contributed by atoms with van der Waals surface area (Å²) in [5.74, 6) is -0.377. The smallest absolute Gasteiger partial charge is 0.276 e. The molecule has 2 heterocycles. The van der Waals surface area contributed by atoms with Crippen LogP contribution in [0.1, 0.15) is 16.1 Å². The number of nitrogens with one attached hydrogen (secondary N) is 1. The zero-order valence-electron chi connectivity index (χ0n) is 13.7. The van der Waals surface area contributed by atoms with Gasteiger partial charge >= 0.3 is 0 Å². The van der Waals surface area contributed by atoms with E-state index in [1.165, 1.54) is 17.5 Å². The van der Waals surface area contributed by atoms with Crippen LogP contribution in [0.5, 0.6) is 0 Å². The fourth-order valence-corrected chi connectivity index (χ4v) is 3.78. The SMILES string of the molecule is Cc1ccc(NC(=O)c2nccnc2-c2nc3ccccc3s2)c(Cl)c1. The van der Waals surface area contributed by atoms with Gasteiger partial charge in [0.2, 0.25) is 0 Å². The molecule has 0 fully saturated rings. The number of aryl methyl sites for hydroxylation is 1. The average molecular weight is 381 g/mol. The van der Waals surface area contributed by atoms with Gasteiger partial charge in [0, 0.05) is 12.4 Å². The summed E-state index contributed by atoms with van der Waals surface area (Å²) in [6, 6.07) is 13.2. The summed E-state index contributed by atoms with van der Waals surface area (Å²) in [6.07, 6.45) is 3.04. The van der Waals surface area contributed by atoms with E-state index < -0.39 is 0 Å². The number of carbonyl (C=O) groups is 1. The van der Waals surface area contributed by atoms with Crippen LogP contribution in [0.3, 0.4) is 0 Å². The molecule has 2 aromatic carbocycles. The first kappa shape index (κ1) is 16.6. The van der Waals surface area contributed by atoms with Crippen LogP contribution in [-0.4, -0.2) is 20.9 Å². The molecule has 0 spiro atoms. The van der Waals surface area contributed by atoms with Gasteiger partial charge in [-0.3, -0.25) is 4.79 Å². The second kappa shape index (κ2) is 6.82. The zero-order chi connectivity index (χ0) is 18.1. The number of para-hydroxylation sites is 1. The summed E-state index contributed by atoms with van der Waals surface area (Å²) < 4.78 is 1.03. The molecule has 26 heavy (non-hydrogen) atoms. The molecule has 4 rings (SSSR count). The molecule has 0 saturated heterocycles. The Balaban J connectivity index is 1.72. The number of halogens is 1. The Labute approximate surface area is 158 Å². The van der Waals surface area contributed by atoms with E-state index in [9.17, 15) is 4.79 Å². The maximum Gasteiger partial charge on any atom is 0.276 e. The molecular weight excluding hydrogens is 368 g/mol. The predicted molar refractivity (Wildman–Crippen MR) is 105 cm³/mol. The minimum atomic E-state index is -0.377.